The lowest BCUT2D eigenvalue weighted by atomic mass is 10.1. The Morgan fingerprint density at radius 2 is 2.00 bits per heavy atom. The number of hydrogen-bond donors (Lipinski definition) is 1. The monoisotopic (exact) mass is 228 g/mol. The molecule has 0 radical (unpaired) electrons. The molecule has 0 unspecified atom stereocenters. The molecule has 2 aromatic rings. The zero-order valence-corrected chi connectivity index (χ0v) is 10.1. The standard InChI is InChI=1S/C14H16N2O/c1-3-10(2)15-13-9-8-11-6-4-5-7-12(11)14(13)16-17/h4-10,15H,3H2,1-2H3/t10-/m0/s1. The number of benzene rings is 2. The van der Waals surface area contributed by atoms with Crippen LogP contribution < -0.4 is 5.32 Å². The molecule has 0 bridgehead atoms. The lowest BCUT2D eigenvalue weighted by molar-refractivity contribution is 0.764. The summed E-state index contributed by atoms with van der Waals surface area (Å²) >= 11 is 0. The van der Waals surface area contributed by atoms with Gasteiger partial charge in [0.2, 0.25) is 0 Å². The molecule has 88 valence electrons. The maximum absolute atomic E-state index is 11.0. The molecule has 1 atom stereocenters. The van der Waals surface area contributed by atoms with Crippen LogP contribution in [-0.2, 0) is 0 Å². The molecule has 0 aliphatic heterocycles. The van der Waals surface area contributed by atoms with Crippen molar-refractivity contribution in [2.24, 2.45) is 5.18 Å². The SMILES string of the molecule is CC[C@H](C)Nc1ccc2ccccc2c1N=O. The predicted molar refractivity (Wildman–Crippen MR) is 72.8 cm³/mol. The summed E-state index contributed by atoms with van der Waals surface area (Å²) in [6.07, 6.45) is 1.01. The van der Waals surface area contributed by atoms with Crippen molar-refractivity contribution in [2.45, 2.75) is 26.3 Å². The Labute approximate surface area is 101 Å². The van der Waals surface area contributed by atoms with Crippen LogP contribution in [0.1, 0.15) is 20.3 Å². The molecule has 17 heavy (non-hydrogen) atoms. The van der Waals surface area contributed by atoms with Gasteiger partial charge in [-0.05, 0) is 30.0 Å². The van der Waals surface area contributed by atoms with E-state index >= 15 is 0 Å². The van der Waals surface area contributed by atoms with Crippen LogP contribution in [0.15, 0.2) is 41.6 Å². The Balaban J connectivity index is 2.53. The summed E-state index contributed by atoms with van der Waals surface area (Å²) in [6, 6.07) is 12.0. The number of rotatable bonds is 4. The number of nitrogens with zero attached hydrogens (tertiary/aromatic N) is 1. The zero-order chi connectivity index (χ0) is 12.3. The van der Waals surface area contributed by atoms with Gasteiger partial charge in [0.1, 0.15) is 5.69 Å². The third-order valence-corrected chi connectivity index (χ3v) is 3.01. The largest absolute Gasteiger partial charge is 0.381 e. The van der Waals surface area contributed by atoms with Crippen molar-refractivity contribution in [1.29, 1.82) is 0 Å². The quantitative estimate of drug-likeness (QED) is 0.785. The first-order valence-electron chi connectivity index (χ1n) is 5.88. The van der Waals surface area contributed by atoms with E-state index in [2.05, 4.69) is 24.3 Å². The van der Waals surface area contributed by atoms with Gasteiger partial charge in [-0.2, -0.15) is 0 Å². The van der Waals surface area contributed by atoms with Gasteiger partial charge in [-0.25, -0.2) is 0 Å². The summed E-state index contributed by atoms with van der Waals surface area (Å²) < 4.78 is 0. The first-order valence-corrected chi connectivity index (χ1v) is 5.88. The van der Waals surface area contributed by atoms with Crippen LogP contribution in [0, 0.1) is 4.91 Å². The minimum absolute atomic E-state index is 0.330. The van der Waals surface area contributed by atoms with Gasteiger partial charge >= 0.3 is 0 Å². The van der Waals surface area contributed by atoms with Crippen molar-refractivity contribution in [3.63, 3.8) is 0 Å². The Morgan fingerprint density at radius 1 is 1.24 bits per heavy atom. The van der Waals surface area contributed by atoms with Crippen molar-refractivity contribution in [2.75, 3.05) is 5.32 Å². The van der Waals surface area contributed by atoms with Gasteiger partial charge in [-0.1, -0.05) is 37.3 Å². The first-order chi connectivity index (χ1) is 8.26. The lowest BCUT2D eigenvalue weighted by Crippen LogP contribution is -2.13. The average molecular weight is 228 g/mol. The number of nitrogens with one attached hydrogen (secondary N) is 1. The fourth-order valence-electron chi connectivity index (χ4n) is 1.84. The number of fused-ring (bicyclic) bond motifs is 1. The molecule has 0 aromatic heterocycles. The van der Waals surface area contributed by atoms with Crippen LogP contribution in [0.4, 0.5) is 11.4 Å². The molecule has 2 rings (SSSR count). The highest BCUT2D eigenvalue weighted by atomic mass is 16.3. The van der Waals surface area contributed by atoms with Crippen LogP contribution in [0.5, 0.6) is 0 Å². The number of hydrogen-bond acceptors (Lipinski definition) is 3. The molecule has 3 heteroatoms. The number of nitroso groups, excluding NO2 is 1. The number of anilines is 1. The van der Waals surface area contributed by atoms with E-state index in [9.17, 15) is 4.91 Å². The van der Waals surface area contributed by atoms with Gasteiger partial charge in [0.15, 0.2) is 0 Å². The predicted octanol–water partition coefficient (Wildman–Crippen LogP) is 4.45. The van der Waals surface area contributed by atoms with E-state index in [4.69, 9.17) is 0 Å². The molecule has 0 fully saturated rings. The van der Waals surface area contributed by atoms with Gasteiger partial charge in [-0.3, -0.25) is 0 Å². The minimum Gasteiger partial charge on any atom is -0.381 e. The Hall–Kier alpha value is -1.90. The van der Waals surface area contributed by atoms with Gasteiger partial charge in [0.25, 0.3) is 0 Å². The average Bonchev–Trinajstić information content (AvgIpc) is 2.38. The van der Waals surface area contributed by atoms with Gasteiger partial charge in [-0.15, -0.1) is 4.91 Å². The molecule has 0 heterocycles. The van der Waals surface area contributed by atoms with E-state index in [0.717, 1.165) is 22.9 Å². The van der Waals surface area contributed by atoms with Crippen molar-refractivity contribution in [3.8, 4) is 0 Å². The Bertz CT molecular complexity index is 537. The van der Waals surface area contributed by atoms with E-state index in [-0.39, 0.29) is 0 Å². The summed E-state index contributed by atoms with van der Waals surface area (Å²) in [5, 5.41) is 8.42. The molecule has 1 N–H and O–H groups in total. The van der Waals surface area contributed by atoms with Crippen molar-refractivity contribution in [3.05, 3.63) is 41.3 Å². The maximum Gasteiger partial charge on any atom is 0.138 e. The molecule has 0 amide bonds. The molecule has 0 saturated carbocycles. The third-order valence-electron chi connectivity index (χ3n) is 3.01. The van der Waals surface area contributed by atoms with Gasteiger partial charge in [0.05, 0.1) is 5.69 Å². The molecule has 0 spiro atoms. The summed E-state index contributed by atoms with van der Waals surface area (Å²) in [5.41, 5.74) is 1.32. The van der Waals surface area contributed by atoms with Crippen LogP contribution in [0.3, 0.4) is 0 Å². The molecular weight excluding hydrogens is 212 g/mol. The highest BCUT2D eigenvalue weighted by Crippen LogP contribution is 2.34. The topological polar surface area (TPSA) is 41.5 Å². The smallest absolute Gasteiger partial charge is 0.138 e. The van der Waals surface area contributed by atoms with E-state index in [1.165, 1.54) is 0 Å². The fourth-order valence-corrected chi connectivity index (χ4v) is 1.84. The normalized spacial score (nSPS) is 12.4. The highest BCUT2D eigenvalue weighted by Gasteiger charge is 2.09. The minimum atomic E-state index is 0.330. The summed E-state index contributed by atoms with van der Waals surface area (Å²) in [6.45, 7) is 4.19. The molecule has 0 aliphatic rings. The fraction of sp³-hybridized carbons (Fsp3) is 0.286. The highest BCUT2D eigenvalue weighted by molar-refractivity contribution is 5.98. The van der Waals surface area contributed by atoms with E-state index in [1.807, 2.05) is 36.4 Å². The second kappa shape index (κ2) is 4.95. The molecular formula is C14H16N2O. The second-order valence-electron chi connectivity index (χ2n) is 4.23. The van der Waals surface area contributed by atoms with E-state index in [0.29, 0.717) is 11.7 Å². The Kier molecular flexibility index (Phi) is 3.38. The van der Waals surface area contributed by atoms with Gasteiger partial charge < -0.3 is 5.32 Å². The molecule has 0 aliphatic carbocycles. The summed E-state index contributed by atoms with van der Waals surface area (Å²) in [7, 11) is 0. The Morgan fingerprint density at radius 3 is 2.71 bits per heavy atom. The molecule has 0 saturated heterocycles. The van der Waals surface area contributed by atoms with Crippen LogP contribution >= 0.6 is 0 Å². The van der Waals surface area contributed by atoms with Crippen molar-refractivity contribution < 1.29 is 0 Å². The molecule has 2 aromatic carbocycles. The lowest BCUT2D eigenvalue weighted by Gasteiger charge is -2.15. The third kappa shape index (κ3) is 2.28. The first kappa shape index (κ1) is 11.6. The van der Waals surface area contributed by atoms with Gasteiger partial charge in [0, 0.05) is 11.4 Å². The zero-order valence-electron chi connectivity index (χ0n) is 10.1. The summed E-state index contributed by atoms with van der Waals surface area (Å²) in [5.74, 6) is 0. The second-order valence-corrected chi connectivity index (χ2v) is 4.23. The van der Waals surface area contributed by atoms with Crippen molar-refractivity contribution >= 4 is 22.1 Å². The van der Waals surface area contributed by atoms with Crippen molar-refractivity contribution in [1.82, 2.24) is 0 Å². The van der Waals surface area contributed by atoms with Crippen LogP contribution in [0.2, 0.25) is 0 Å². The van der Waals surface area contributed by atoms with Crippen LogP contribution in [-0.4, -0.2) is 6.04 Å². The maximum atomic E-state index is 11.0. The van der Waals surface area contributed by atoms with E-state index < -0.39 is 0 Å². The molecule has 3 nitrogen and oxygen atoms in total. The van der Waals surface area contributed by atoms with E-state index in [1.54, 1.807) is 0 Å². The summed E-state index contributed by atoms with van der Waals surface area (Å²) in [4.78, 5) is 11.0. The van der Waals surface area contributed by atoms with Crippen LogP contribution in [0.25, 0.3) is 10.8 Å².